The summed E-state index contributed by atoms with van der Waals surface area (Å²) in [6.45, 7) is 6.22. The predicted octanol–water partition coefficient (Wildman–Crippen LogP) is 0.140. The van der Waals surface area contributed by atoms with Crippen molar-refractivity contribution in [1.82, 2.24) is 9.21 Å². The van der Waals surface area contributed by atoms with E-state index in [1.807, 2.05) is 4.90 Å². The van der Waals surface area contributed by atoms with Crippen LogP contribution in [0.15, 0.2) is 23.1 Å². The van der Waals surface area contributed by atoms with Crippen molar-refractivity contribution in [2.45, 2.75) is 31.1 Å². The van der Waals surface area contributed by atoms with Crippen LogP contribution in [0.5, 0.6) is 0 Å². The molecule has 0 bridgehead atoms. The highest BCUT2D eigenvalue weighted by Crippen LogP contribution is 2.24. The molecule has 1 aromatic carbocycles. The zero-order valence-electron chi connectivity index (χ0n) is 15.1. The van der Waals surface area contributed by atoms with Crippen LogP contribution in [0, 0.1) is 6.92 Å². The molecule has 0 saturated carbocycles. The summed E-state index contributed by atoms with van der Waals surface area (Å²) in [5, 5.41) is 0. The molecule has 0 aliphatic carbocycles. The average molecular weight is 367 g/mol. The summed E-state index contributed by atoms with van der Waals surface area (Å²) >= 11 is 0. The van der Waals surface area contributed by atoms with Crippen LogP contribution in [-0.2, 0) is 10.0 Å². The van der Waals surface area contributed by atoms with E-state index in [2.05, 4.69) is 7.05 Å². The number of piperidine rings is 1. The third-order valence-electron chi connectivity index (χ3n) is 5.27. The van der Waals surface area contributed by atoms with Crippen LogP contribution < -0.4 is 4.90 Å². The normalized spacial score (nSPS) is 20.6. The highest BCUT2D eigenvalue weighted by atomic mass is 32.2. The second-order valence-electron chi connectivity index (χ2n) is 7.19. The molecule has 7 heteroatoms. The topological polar surface area (TPSA) is 62.1 Å². The first-order valence-corrected chi connectivity index (χ1v) is 10.5. The fourth-order valence-corrected chi connectivity index (χ4v) is 5.30. The summed E-state index contributed by atoms with van der Waals surface area (Å²) < 4.78 is 27.6. The average Bonchev–Trinajstić information content (AvgIpc) is 2.63. The van der Waals surface area contributed by atoms with Crippen LogP contribution in [-0.4, -0.2) is 69.8 Å². The number of sulfonamides is 1. The quantitative estimate of drug-likeness (QED) is 0.828. The number of aryl methyl sites for hydroxylation is 1. The van der Waals surface area contributed by atoms with Crippen LogP contribution in [0.1, 0.15) is 35.2 Å². The number of benzene rings is 1. The molecule has 0 radical (unpaired) electrons. The minimum atomic E-state index is -3.53. The van der Waals surface area contributed by atoms with Crippen molar-refractivity contribution in [1.29, 1.82) is 0 Å². The van der Waals surface area contributed by atoms with E-state index < -0.39 is 10.0 Å². The van der Waals surface area contributed by atoms with Gasteiger partial charge in [-0.25, -0.2) is 8.42 Å². The Morgan fingerprint density at radius 2 is 1.68 bits per heavy atom. The van der Waals surface area contributed by atoms with Gasteiger partial charge in [0, 0.05) is 18.7 Å². The molecule has 138 valence electrons. The Labute approximate surface area is 150 Å². The number of hydrogen-bond acceptors (Lipinski definition) is 3. The first-order valence-electron chi connectivity index (χ1n) is 9.11. The number of amides is 1. The molecule has 1 amide bonds. The van der Waals surface area contributed by atoms with E-state index in [1.54, 1.807) is 29.4 Å². The van der Waals surface area contributed by atoms with Gasteiger partial charge in [0.2, 0.25) is 10.0 Å². The molecule has 0 atom stereocenters. The van der Waals surface area contributed by atoms with Crippen molar-refractivity contribution in [3.63, 3.8) is 0 Å². The summed E-state index contributed by atoms with van der Waals surface area (Å²) in [6, 6.07) is 5.08. The Balaban J connectivity index is 1.86. The maximum atomic E-state index is 13.0. The van der Waals surface area contributed by atoms with Gasteiger partial charge in [-0.1, -0.05) is 12.5 Å². The minimum absolute atomic E-state index is 0.0670. The van der Waals surface area contributed by atoms with Gasteiger partial charge in [-0.3, -0.25) is 4.79 Å². The standard InChI is InChI=1S/C18H27N3O3S/c1-15-6-7-16(18(22)20-12-10-19(2)11-13-20)14-17(15)25(23,24)21-8-4-3-5-9-21/h6-7,14H,3-5,8-13H2,1-2H3/p+1. The van der Waals surface area contributed by atoms with Crippen LogP contribution in [0.4, 0.5) is 0 Å². The highest BCUT2D eigenvalue weighted by Gasteiger charge is 2.29. The Kier molecular flexibility index (Phi) is 5.46. The first-order chi connectivity index (χ1) is 11.9. The smallest absolute Gasteiger partial charge is 0.254 e. The first kappa shape index (κ1) is 18.4. The number of likely N-dealkylation sites (N-methyl/N-ethyl adjacent to an activating group) is 1. The number of quaternary nitrogens is 1. The fourth-order valence-electron chi connectivity index (χ4n) is 3.53. The Hall–Kier alpha value is -1.44. The molecule has 6 nitrogen and oxygen atoms in total. The molecule has 3 rings (SSSR count). The molecule has 0 aromatic heterocycles. The molecule has 2 fully saturated rings. The van der Waals surface area contributed by atoms with Gasteiger partial charge >= 0.3 is 0 Å². The molecule has 2 aliphatic heterocycles. The summed E-state index contributed by atoms with van der Waals surface area (Å²) in [4.78, 5) is 16.3. The maximum absolute atomic E-state index is 13.0. The second-order valence-corrected chi connectivity index (χ2v) is 9.10. The third kappa shape index (κ3) is 3.88. The van der Waals surface area contributed by atoms with Crippen molar-refractivity contribution in [3.05, 3.63) is 29.3 Å². The van der Waals surface area contributed by atoms with E-state index in [0.29, 0.717) is 37.3 Å². The van der Waals surface area contributed by atoms with Gasteiger partial charge in [0.15, 0.2) is 0 Å². The number of carbonyl (C=O) groups excluding carboxylic acids is 1. The number of nitrogens with zero attached hydrogens (tertiary/aromatic N) is 2. The van der Waals surface area contributed by atoms with Crippen LogP contribution in [0.3, 0.4) is 0 Å². The number of piperazine rings is 1. The lowest BCUT2D eigenvalue weighted by Gasteiger charge is -2.30. The number of rotatable bonds is 3. The number of nitrogens with one attached hydrogen (secondary N) is 1. The molecule has 25 heavy (non-hydrogen) atoms. The Morgan fingerprint density at radius 1 is 1.04 bits per heavy atom. The van der Waals surface area contributed by atoms with Gasteiger partial charge in [0.25, 0.3) is 5.91 Å². The molecular weight excluding hydrogens is 338 g/mol. The van der Waals surface area contributed by atoms with Gasteiger partial charge in [0.05, 0.1) is 38.1 Å². The van der Waals surface area contributed by atoms with Gasteiger partial charge < -0.3 is 9.80 Å². The lowest BCUT2D eigenvalue weighted by atomic mass is 10.1. The van der Waals surface area contributed by atoms with Crippen molar-refractivity contribution >= 4 is 15.9 Å². The zero-order valence-corrected chi connectivity index (χ0v) is 15.9. The van der Waals surface area contributed by atoms with Gasteiger partial charge in [-0.05, 0) is 37.5 Å². The van der Waals surface area contributed by atoms with Crippen molar-refractivity contribution < 1.29 is 18.1 Å². The SMILES string of the molecule is Cc1ccc(C(=O)N2CC[NH+](C)CC2)cc1S(=O)(=O)N1CCCCC1. The van der Waals surface area contributed by atoms with Crippen LogP contribution in [0.25, 0.3) is 0 Å². The van der Waals surface area contributed by atoms with Crippen molar-refractivity contribution in [2.75, 3.05) is 46.3 Å². The van der Waals surface area contributed by atoms with Crippen molar-refractivity contribution in [2.24, 2.45) is 0 Å². The second kappa shape index (κ2) is 7.43. The van der Waals surface area contributed by atoms with E-state index in [4.69, 9.17) is 0 Å². The summed E-state index contributed by atoms with van der Waals surface area (Å²) in [5.74, 6) is -0.0670. The lowest BCUT2D eigenvalue weighted by Crippen LogP contribution is -3.12. The van der Waals surface area contributed by atoms with Crippen molar-refractivity contribution in [3.8, 4) is 0 Å². The number of carbonyl (C=O) groups is 1. The van der Waals surface area contributed by atoms with E-state index in [1.165, 1.54) is 4.90 Å². The molecular formula is C18H28N3O3S+. The zero-order chi connectivity index (χ0) is 18.0. The van der Waals surface area contributed by atoms with E-state index in [9.17, 15) is 13.2 Å². The molecule has 2 aliphatic rings. The lowest BCUT2D eigenvalue weighted by molar-refractivity contribution is -0.883. The molecule has 0 spiro atoms. The minimum Gasteiger partial charge on any atom is -0.334 e. The van der Waals surface area contributed by atoms with E-state index >= 15 is 0 Å². The van der Waals surface area contributed by atoms with E-state index in [-0.39, 0.29) is 10.8 Å². The van der Waals surface area contributed by atoms with Gasteiger partial charge in [-0.2, -0.15) is 4.31 Å². The predicted molar refractivity (Wildman–Crippen MR) is 96.3 cm³/mol. The van der Waals surface area contributed by atoms with E-state index in [0.717, 1.165) is 32.4 Å². The van der Waals surface area contributed by atoms with Crippen LogP contribution in [0.2, 0.25) is 0 Å². The summed E-state index contributed by atoms with van der Waals surface area (Å²) in [5.41, 5.74) is 1.17. The maximum Gasteiger partial charge on any atom is 0.254 e. The monoisotopic (exact) mass is 366 g/mol. The largest absolute Gasteiger partial charge is 0.334 e. The molecule has 0 unspecified atom stereocenters. The Bertz CT molecular complexity index is 734. The van der Waals surface area contributed by atoms with Crippen LogP contribution >= 0.6 is 0 Å². The Morgan fingerprint density at radius 3 is 2.32 bits per heavy atom. The fraction of sp³-hybridized carbons (Fsp3) is 0.611. The summed E-state index contributed by atoms with van der Waals surface area (Å²) in [6.07, 6.45) is 2.88. The van der Waals surface area contributed by atoms with Gasteiger partial charge in [0.1, 0.15) is 0 Å². The molecule has 2 saturated heterocycles. The third-order valence-corrected chi connectivity index (χ3v) is 7.31. The number of hydrogen-bond donors (Lipinski definition) is 1. The summed E-state index contributed by atoms with van der Waals surface area (Å²) in [7, 11) is -1.41. The molecule has 1 N–H and O–H groups in total. The highest BCUT2D eigenvalue weighted by molar-refractivity contribution is 7.89. The van der Waals surface area contributed by atoms with Gasteiger partial charge in [-0.15, -0.1) is 0 Å². The molecule has 1 aromatic rings. The molecule has 2 heterocycles.